The van der Waals surface area contributed by atoms with Gasteiger partial charge in [0.05, 0.1) is 5.56 Å². The average molecular weight is 448 g/mol. The number of primary amides is 1. The van der Waals surface area contributed by atoms with Crippen LogP contribution in [0.25, 0.3) is 10.9 Å². The van der Waals surface area contributed by atoms with E-state index in [1.807, 2.05) is 54.7 Å². The van der Waals surface area contributed by atoms with Crippen molar-refractivity contribution in [2.75, 3.05) is 13.2 Å². The monoisotopic (exact) mass is 447 g/mol. The number of benzene rings is 3. The van der Waals surface area contributed by atoms with Gasteiger partial charge in [-0.05, 0) is 35.4 Å². The number of hydrogen-bond donors (Lipinski definition) is 3. The number of nitrogens with one attached hydrogen (secondary N) is 2. The normalized spacial score (nSPS) is 11.8. The van der Waals surface area contributed by atoms with Crippen molar-refractivity contribution < 1.29 is 14.3 Å². The molecule has 0 fully saturated rings. The van der Waals surface area contributed by atoms with E-state index in [1.54, 1.807) is 24.3 Å². The first-order chi connectivity index (χ1) is 15.5. The van der Waals surface area contributed by atoms with Crippen LogP contribution in [0.15, 0.2) is 79.0 Å². The van der Waals surface area contributed by atoms with Crippen LogP contribution in [0, 0.1) is 0 Å². The lowest BCUT2D eigenvalue weighted by Crippen LogP contribution is -2.30. The van der Waals surface area contributed by atoms with Crippen LogP contribution in [0.1, 0.15) is 27.4 Å². The van der Waals surface area contributed by atoms with Crippen LogP contribution in [-0.2, 0) is 4.79 Å². The van der Waals surface area contributed by atoms with Gasteiger partial charge in [0.1, 0.15) is 5.75 Å². The summed E-state index contributed by atoms with van der Waals surface area (Å²) in [6.07, 6.45) is 1.95. The Hall–Kier alpha value is -3.77. The first kappa shape index (κ1) is 21.5. The van der Waals surface area contributed by atoms with Crippen molar-refractivity contribution in [3.63, 3.8) is 0 Å². The third-order valence-electron chi connectivity index (χ3n) is 5.25. The van der Waals surface area contributed by atoms with Crippen molar-refractivity contribution >= 4 is 34.3 Å². The molecule has 32 heavy (non-hydrogen) atoms. The summed E-state index contributed by atoms with van der Waals surface area (Å²) in [7, 11) is 0. The second kappa shape index (κ2) is 9.58. The molecule has 1 atom stereocenters. The minimum atomic E-state index is -0.613. The molecule has 6 nitrogen and oxygen atoms in total. The minimum Gasteiger partial charge on any atom is -0.483 e. The summed E-state index contributed by atoms with van der Waals surface area (Å²) in [6.45, 7) is 0.0104. The van der Waals surface area contributed by atoms with E-state index in [1.165, 1.54) is 0 Å². The van der Waals surface area contributed by atoms with Gasteiger partial charge in [-0.2, -0.15) is 0 Å². The van der Waals surface area contributed by atoms with Crippen molar-refractivity contribution in [3.8, 4) is 5.75 Å². The smallest absolute Gasteiger partial charge is 0.255 e. The van der Waals surface area contributed by atoms with Crippen LogP contribution >= 0.6 is 11.6 Å². The Bertz CT molecular complexity index is 1270. The Balaban J connectivity index is 1.63. The molecule has 1 unspecified atom stereocenters. The molecule has 0 aliphatic carbocycles. The SMILES string of the molecule is NC(=O)COc1ccccc1C(=O)NCC(c1ccccc1Cl)c1c[nH]c2ccccc12. The van der Waals surface area contributed by atoms with E-state index in [0.29, 0.717) is 22.9 Å². The van der Waals surface area contributed by atoms with Crippen LogP contribution < -0.4 is 15.8 Å². The molecule has 0 saturated carbocycles. The summed E-state index contributed by atoms with van der Waals surface area (Å²) in [5, 5.41) is 4.69. The highest BCUT2D eigenvalue weighted by Crippen LogP contribution is 2.34. The van der Waals surface area contributed by atoms with E-state index in [9.17, 15) is 9.59 Å². The van der Waals surface area contributed by atoms with Gasteiger partial charge in [-0.15, -0.1) is 0 Å². The molecule has 4 aromatic rings. The molecule has 0 radical (unpaired) electrons. The summed E-state index contributed by atoms with van der Waals surface area (Å²) >= 11 is 6.53. The highest BCUT2D eigenvalue weighted by Gasteiger charge is 2.22. The maximum Gasteiger partial charge on any atom is 0.255 e. The fourth-order valence-corrected chi connectivity index (χ4v) is 4.01. The lowest BCUT2D eigenvalue weighted by molar-refractivity contribution is -0.119. The van der Waals surface area contributed by atoms with E-state index in [0.717, 1.165) is 22.0 Å². The molecule has 0 bridgehead atoms. The lowest BCUT2D eigenvalue weighted by Gasteiger charge is -2.20. The van der Waals surface area contributed by atoms with Crippen LogP contribution in [0.2, 0.25) is 5.02 Å². The van der Waals surface area contributed by atoms with Gasteiger partial charge in [0.25, 0.3) is 11.8 Å². The van der Waals surface area contributed by atoms with Gasteiger partial charge in [-0.3, -0.25) is 9.59 Å². The number of nitrogens with two attached hydrogens (primary N) is 1. The topological polar surface area (TPSA) is 97.2 Å². The zero-order valence-corrected chi connectivity index (χ0v) is 17.9. The molecule has 0 aliphatic rings. The Morgan fingerprint density at radius 3 is 2.50 bits per heavy atom. The summed E-state index contributed by atoms with van der Waals surface area (Å²) in [4.78, 5) is 27.4. The van der Waals surface area contributed by atoms with Gasteiger partial charge < -0.3 is 20.8 Å². The number of halogens is 1. The van der Waals surface area contributed by atoms with Crippen molar-refractivity contribution in [1.82, 2.24) is 10.3 Å². The molecule has 7 heteroatoms. The van der Waals surface area contributed by atoms with Crippen LogP contribution in [0.3, 0.4) is 0 Å². The maximum absolute atomic E-state index is 13.0. The van der Waals surface area contributed by atoms with Crippen LogP contribution in [0.4, 0.5) is 0 Å². The van der Waals surface area contributed by atoms with Gasteiger partial charge >= 0.3 is 0 Å². The number of carbonyl (C=O) groups is 2. The van der Waals surface area contributed by atoms with Crippen LogP contribution in [-0.4, -0.2) is 29.9 Å². The van der Waals surface area contributed by atoms with E-state index >= 15 is 0 Å². The second-order valence-electron chi connectivity index (χ2n) is 7.32. The Kier molecular flexibility index (Phi) is 6.42. The van der Waals surface area contributed by atoms with Gasteiger partial charge in [0, 0.05) is 34.6 Å². The predicted octanol–water partition coefficient (Wildman–Crippen LogP) is 4.25. The summed E-state index contributed by atoms with van der Waals surface area (Å²) in [5.41, 5.74) is 8.45. The van der Waals surface area contributed by atoms with Gasteiger partial charge in [-0.25, -0.2) is 0 Å². The molecule has 1 aromatic heterocycles. The summed E-state index contributed by atoms with van der Waals surface area (Å²) < 4.78 is 5.40. The first-order valence-corrected chi connectivity index (χ1v) is 10.5. The number of aromatic nitrogens is 1. The third kappa shape index (κ3) is 4.60. The molecule has 4 rings (SSSR count). The fraction of sp³-hybridized carbons (Fsp3) is 0.120. The largest absolute Gasteiger partial charge is 0.483 e. The Morgan fingerprint density at radius 2 is 1.69 bits per heavy atom. The Labute approximate surface area is 190 Å². The molecule has 2 amide bonds. The van der Waals surface area contributed by atoms with Gasteiger partial charge in [-0.1, -0.05) is 60.1 Å². The zero-order valence-electron chi connectivity index (χ0n) is 17.2. The lowest BCUT2D eigenvalue weighted by atomic mass is 9.90. The average Bonchev–Trinajstić information content (AvgIpc) is 3.23. The van der Waals surface area contributed by atoms with Gasteiger partial charge in [0.2, 0.25) is 0 Å². The molecule has 1 heterocycles. The van der Waals surface area contributed by atoms with E-state index in [4.69, 9.17) is 22.1 Å². The molecular weight excluding hydrogens is 426 g/mol. The van der Waals surface area contributed by atoms with Gasteiger partial charge in [0.15, 0.2) is 6.61 Å². The van der Waals surface area contributed by atoms with Crippen molar-refractivity contribution in [2.24, 2.45) is 5.73 Å². The number of H-pyrrole nitrogens is 1. The molecular formula is C25H22ClN3O3. The molecule has 0 spiro atoms. The van der Waals surface area contributed by atoms with Crippen molar-refractivity contribution in [2.45, 2.75) is 5.92 Å². The number of amides is 2. The maximum atomic E-state index is 13.0. The summed E-state index contributed by atoms with van der Waals surface area (Å²) in [5.74, 6) is -0.812. The number of ether oxygens (including phenoxy) is 1. The number of carbonyl (C=O) groups excluding carboxylic acids is 2. The highest BCUT2D eigenvalue weighted by atomic mass is 35.5. The van der Waals surface area contributed by atoms with Crippen LogP contribution in [0.5, 0.6) is 5.75 Å². The molecule has 162 valence electrons. The number of hydrogen-bond acceptors (Lipinski definition) is 3. The fourth-order valence-electron chi connectivity index (χ4n) is 3.75. The first-order valence-electron chi connectivity index (χ1n) is 10.1. The minimum absolute atomic E-state index is 0.178. The highest BCUT2D eigenvalue weighted by molar-refractivity contribution is 6.31. The predicted molar refractivity (Wildman–Crippen MR) is 125 cm³/mol. The van der Waals surface area contributed by atoms with E-state index in [-0.39, 0.29) is 18.4 Å². The van der Waals surface area contributed by atoms with E-state index in [2.05, 4.69) is 10.3 Å². The quantitative estimate of drug-likeness (QED) is 0.376. The molecule has 0 aliphatic heterocycles. The number of para-hydroxylation sites is 2. The molecule has 4 N–H and O–H groups in total. The molecule has 3 aromatic carbocycles. The Morgan fingerprint density at radius 1 is 0.969 bits per heavy atom. The molecule has 0 saturated heterocycles. The van der Waals surface area contributed by atoms with E-state index < -0.39 is 5.91 Å². The second-order valence-corrected chi connectivity index (χ2v) is 7.73. The zero-order chi connectivity index (χ0) is 22.5. The number of aromatic amines is 1. The third-order valence-corrected chi connectivity index (χ3v) is 5.59. The number of rotatable bonds is 8. The summed E-state index contributed by atoms with van der Waals surface area (Å²) in [6, 6.07) is 22.3. The van der Waals surface area contributed by atoms with Crippen molar-refractivity contribution in [3.05, 3.63) is 101 Å². The standard InChI is InChI=1S/C25H22ClN3O3/c26-21-10-4-1-7-16(21)19(20-13-28-22-11-5-2-8-17(20)22)14-29-25(31)18-9-3-6-12-23(18)32-15-24(27)30/h1-13,19,28H,14-15H2,(H2,27,30)(H,29,31). The van der Waals surface area contributed by atoms with Crippen molar-refractivity contribution in [1.29, 1.82) is 0 Å². The number of fused-ring (bicyclic) bond motifs is 1.